The molecule has 0 aromatic rings. The largest absolute Gasteiger partial charge is 0.479 e. The summed E-state index contributed by atoms with van der Waals surface area (Å²) in [6.07, 6.45) is 37.0. The van der Waals surface area contributed by atoms with Gasteiger partial charge in [-0.3, -0.25) is 14.4 Å². The van der Waals surface area contributed by atoms with E-state index in [0.29, 0.717) is 19.3 Å². The topological polar surface area (TPSA) is 175 Å². The number of carboxylic acid groups (broad SMARTS) is 1. The first-order valence-electron chi connectivity index (χ1n) is 27.0. The molecule has 0 radical (unpaired) electrons. The van der Waals surface area contributed by atoms with Gasteiger partial charge in [0.05, 0.1) is 6.61 Å². The Balaban J connectivity index is 2.73. The summed E-state index contributed by atoms with van der Waals surface area (Å²) in [5.74, 6) is -3.14. The Hall–Kier alpha value is -3.06. The van der Waals surface area contributed by atoms with Gasteiger partial charge in [-0.2, -0.15) is 0 Å². The van der Waals surface area contributed by atoms with Crippen LogP contribution in [-0.4, -0.2) is 89.2 Å². The summed E-state index contributed by atoms with van der Waals surface area (Å²) < 4.78 is 28.3. The normalized spacial score (nSPS) is 19.1. The van der Waals surface area contributed by atoms with Crippen molar-refractivity contribution in [2.24, 2.45) is 0 Å². The molecule has 1 fully saturated rings. The predicted molar refractivity (Wildman–Crippen MR) is 266 cm³/mol. The van der Waals surface area contributed by atoms with Gasteiger partial charge < -0.3 is 39.0 Å². The maximum Gasteiger partial charge on any atom is 0.335 e. The smallest absolute Gasteiger partial charge is 0.335 e. The molecule has 0 aromatic heterocycles. The van der Waals surface area contributed by atoms with E-state index in [1.807, 2.05) is 0 Å². The van der Waals surface area contributed by atoms with Crippen molar-refractivity contribution in [3.8, 4) is 0 Å². The molecule has 6 atom stereocenters. The van der Waals surface area contributed by atoms with Crippen molar-refractivity contribution in [1.29, 1.82) is 0 Å². The highest BCUT2D eigenvalue weighted by atomic mass is 16.7. The quantitative estimate of drug-likeness (QED) is 0.0228. The molecule has 3 N–H and O–H groups in total. The summed E-state index contributed by atoms with van der Waals surface area (Å²) >= 11 is 0. The van der Waals surface area contributed by atoms with E-state index in [0.717, 1.165) is 109 Å². The lowest BCUT2D eigenvalue weighted by molar-refractivity contribution is -0.301. The molecule has 1 aliphatic rings. The summed E-state index contributed by atoms with van der Waals surface area (Å²) in [6.45, 7) is 5.86. The third-order valence-electron chi connectivity index (χ3n) is 12.2. The highest BCUT2D eigenvalue weighted by Crippen LogP contribution is 2.26. The summed E-state index contributed by atoms with van der Waals surface area (Å²) in [6, 6.07) is 0. The second-order valence-corrected chi connectivity index (χ2v) is 18.5. The molecule has 0 spiro atoms. The number of hydrogen-bond donors (Lipinski definition) is 3. The Labute approximate surface area is 406 Å². The Morgan fingerprint density at radius 2 is 0.940 bits per heavy atom. The summed E-state index contributed by atoms with van der Waals surface area (Å²) in [4.78, 5) is 50.8. The molecule has 388 valence electrons. The van der Waals surface area contributed by atoms with E-state index in [2.05, 4.69) is 57.2 Å². The second kappa shape index (κ2) is 44.2. The van der Waals surface area contributed by atoms with Crippen LogP contribution in [0.2, 0.25) is 0 Å². The van der Waals surface area contributed by atoms with Crippen molar-refractivity contribution in [2.45, 2.75) is 276 Å². The predicted octanol–water partition coefficient (Wildman–Crippen LogP) is 12.9. The number of ether oxygens (including phenoxy) is 5. The number of aliphatic hydroxyl groups is 2. The number of hydrogen-bond acceptors (Lipinski definition) is 11. The fraction of sp³-hybridized carbons (Fsp3) is 0.818. The number of unbranched alkanes of at least 4 members (excludes halogenated alkanes) is 25. The van der Waals surface area contributed by atoms with E-state index in [-0.39, 0.29) is 25.9 Å². The number of rotatable bonds is 45. The molecule has 0 saturated carbocycles. The van der Waals surface area contributed by atoms with Gasteiger partial charge in [0, 0.05) is 19.3 Å². The first-order chi connectivity index (χ1) is 32.6. The van der Waals surface area contributed by atoms with Crippen LogP contribution in [0, 0.1) is 0 Å². The van der Waals surface area contributed by atoms with Crippen LogP contribution in [0.5, 0.6) is 0 Å². The highest BCUT2D eigenvalue weighted by molar-refractivity contribution is 5.74. The molecule has 12 heteroatoms. The average molecular weight is 949 g/mol. The van der Waals surface area contributed by atoms with Gasteiger partial charge in [0.15, 0.2) is 24.6 Å². The van der Waals surface area contributed by atoms with Crippen LogP contribution >= 0.6 is 0 Å². The molecule has 0 bridgehead atoms. The second-order valence-electron chi connectivity index (χ2n) is 18.5. The van der Waals surface area contributed by atoms with E-state index in [1.165, 1.54) is 70.6 Å². The molecule has 1 saturated heterocycles. The van der Waals surface area contributed by atoms with Gasteiger partial charge in [-0.1, -0.05) is 192 Å². The Morgan fingerprint density at radius 1 is 0.493 bits per heavy atom. The lowest BCUT2D eigenvalue weighted by atomic mass is 9.98. The number of esters is 3. The molecule has 1 heterocycles. The molecule has 0 aliphatic carbocycles. The zero-order chi connectivity index (χ0) is 49.0. The zero-order valence-electron chi connectivity index (χ0n) is 42.4. The van der Waals surface area contributed by atoms with E-state index in [4.69, 9.17) is 23.7 Å². The third kappa shape index (κ3) is 34.8. The van der Waals surface area contributed by atoms with Crippen molar-refractivity contribution >= 4 is 23.9 Å². The van der Waals surface area contributed by atoms with Gasteiger partial charge in [-0.15, -0.1) is 0 Å². The maximum absolute atomic E-state index is 13.0. The molecule has 0 aromatic carbocycles. The Kier molecular flexibility index (Phi) is 40.8. The van der Waals surface area contributed by atoms with Crippen molar-refractivity contribution in [3.05, 3.63) is 36.5 Å². The molecule has 0 amide bonds. The lowest BCUT2D eigenvalue weighted by Crippen LogP contribution is -2.61. The molecule has 1 rings (SSSR count). The van der Waals surface area contributed by atoms with E-state index < -0.39 is 67.3 Å². The number of allylic oxidation sites excluding steroid dienone is 6. The molecule has 67 heavy (non-hydrogen) atoms. The molecule has 6 unspecified atom stereocenters. The number of aliphatic carboxylic acids is 1. The number of carbonyl (C=O) groups is 4. The van der Waals surface area contributed by atoms with Gasteiger partial charge in [0.25, 0.3) is 0 Å². The van der Waals surface area contributed by atoms with Crippen LogP contribution in [-0.2, 0) is 42.9 Å². The lowest BCUT2D eigenvalue weighted by Gasteiger charge is -2.40. The number of aliphatic hydroxyl groups excluding tert-OH is 2. The average Bonchev–Trinajstić information content (AvgIpc) is 3.31. The van der Waals surface area contributed by atoms with Crippen molar-refractivity contribution in [1.82, 2.24) is 0 Å². The Morgan fingerprint density at radius 3 is 1.46 bits per heavy atom. The van der Waals surface area contributed by atoms with Crippen LogP contribution in [0.15, 0.2) is 36.5 Å². The summed E-state index contributed by atoms with van der Waals surface area (Å²) in [5.41, 5.74) is 0. The maximum atomic E-state index is 13.0. The van der Waals surface area contributed by atoms with Crippen molar-refractivity contribution < 1.29 is 58.2 Å². The van der Waals surface area contributed by atoms with Gasteiger partial charge in [-0.25, -0.2) is 4.79 Å². The van der Waals surface area contributed by atoms with Gasteiger partial charge in [-0.05, 0) is 64.2 Å². The molecule has 1 aliphatic heterocycles. The van der Waals surface area contributed by atoms with Gasteiger partial charge in [0.1, 0.15) is 18.8 Å². The van der Waals surface area contributed by atoms with Crippen molar-refractivity contribution in [2.75, 3.05) is 13.2 Å². The Bertz CT molecular complexity index is 1310. The van der Waals surface area contributed by atoms with Gasteiger partial charge >= 0.3 is 23.9 Å². The first-order valence-corrected chi connectivity index (χ1v) is 27.0. The minimum atomic E-state index is -1.90. The monoisotopic (exact) mass is 949 g/mol. The molecular weight excluding hydrogens is 853 g/mol. The van der Waals surface area contributed by atoms with Crippen LogP contribution in [0.1, 0.15) is 239 Å². The summed E-state index contributed by atoms with van der Waals surface area (Å²) in [7, 11) is 0. The highest BCUT2D eigenvalue weighted by Gasteiger charge is 2.50. The fourth-order valence-corrected chi connectivity index (χ4v) is 7.97. The van der Waals surface area contributed by atoms with E-state index >= 15 is 0 Å². The molecule has 12 nitrogen and oxygen atoms in total. The zero-order valence-corrected chi connectivity index (χ0v) is 42.4. The minimum Gasteiger partial charge on any atom is -0.479 e. The van der Waals surface area contributed by atoms with E-state index in [9.17, 15) is 34.5 Å². The first kappa shape index (κ1) is 62.0. The van der Waals surface area contributed by atoms with Gasteiger partial charge in [0.2, 0.25) is 0 Å². The molecular formula is C55H96O12. The van der Waals surface area contributed by atoms with Crippen LogP contribution in [0.25, 0.3) is 0 Å². The van der Waals surface area contributed by atoms with Crippen LogP contribution < -0.4 is 0 Å². The number of carbonyl (C=O) groups excluding carboxylic acids is 3. The standard InChI is InChI=1S/C55H96O12/c1-4-7-10-13-16-19-22-24-27-29-32-35-38-41-47(56)63-44-46(65-48(57)42-39-36-33-30-26-21-18-15-12-9-6-3)45-64-55-53(51(60)50(59)52(67-55)54(61)62)66-49(58)43-40-37-34-31-28-25-23-20-17-14-11-8-5-2/h11,14-15,18,20,23,46,50-53,55,59-60H,4-10,12-13,16-17,19,21-22,24-45H2,1-3H3,(H,61,62)/b14-11-,18-15-,23-20-. The van der Waals surface area contributed by atoms with E-state index in [1.54, 1.807) is 0 Å². The summed E-state index contributed by atoms with van der Waals surface area (Å²) in [5, 5.41) is 31.3. The SMILES string of the molecule is CCC/C=C\C/C=C\CCCCCCCC(=O)OC1C(OCC(COC(=O)CCCCCCCCCCCCCCC)OC(=O)CCCCCCC/C=C\CCCC)OC(C(=O)O)C(O)C1O. The van der Waals surface area contributed by atoms with Crippen molar-refractivity contribution in [3.63, 3.8) is 0 Å². The van der Waals surface area contributed by atoms with Crippen LogP contribution in [0.3, 0.4) is 0 Å². The fourth-order valence-electron chi connectivity index (χ4n) is 7.97. The minimum absolute atomic E-state index is 0.0456. The van der Waals surface area contributed by atoms with Crippen LogP contribution in [0.4, 0.5) is 0 Å². The third-order valence-corrected chi connectivity index (χ3v) is 12.2. The number of carboxylic acids is 1.